The molecule has 150 valence electrons. The Bertz CT molecular complexity index is 1070. The predicted octanol–water partition coefficient (Wildman–Crippen LogP) is 4.46. The van der Waals surface area contributed by atoms with E-state index in [-0.39, 0.29) is 5.75 Å². The molecule has 0 aliphatic carbocycles. The van der Waals surface area contributed by atoms with Gasteiger partial charge in [0.1, 0.15) is 5.75 Å². The van der Waals surface area contributed by atoms with Crippen LogP contribution in [0.15, 0.2) is 42.5 Å². The Labute approximate surface area is 166 Å². The summed E-state index contributed by atoms with van der Waals surface area (Å²) in [6.07, 6.45) is 0.962. The van der Waals surface area contributed by atoms with E-state index in [2.05, 4.69) is 16.2 Å². The van der Waals surface area contributed by atoms with Crippen molar-refractivity contribution in [1.29, 1.82) is 0 Å². The first kappa shape index (κ1) is 20.1. The number of aryl methyl sites for hydroxylation is 1. The van der Waals surface area contributed by atoms with E-state index >= 15 is 0 Å². The zero-order valence-corrected chi connectivity index (χ0v) is 17.3. The molecule has 0 radical (unpaired) electrons. The van der Waals surface area contributed by atoms with E-state index in [4.69, 9.17) is 10.5 Å². The van der Waals surface area contributed by atoms with E-state index in [0.717, 1.165) is 40.9 Å². The van der Waals surface area contributed by atoms with Crippen LogP contribution in [-0.2, 0) is 16.6 Å². The third kappa shape index (κ3) is 3.94. The number of sulfonamides is 1. The average Bonchev–Trinajstić information content (AvgIpc) is 2.94. The SMILES string of the molecule is CCCn1c(-c2ccc(NS(=O)(=O)CC)cc2)c(N)c2ccc(OCC)cc21. The van der Waals surface area contributed by atoms with Crippen LogP contribution >= 0.6 is 0 Å². The molecule has 3 aromatic rings. The zero-order chi connectivity index (χ0) is 20.3. The quantitative estimate of drug-likeness (QED) is 0.583. The lowest BCUT2D eigenvalue weighted by Crippen LogP contribution is -2.14. The fourth-order valence-corrected chi connectivity index (χ4v) is 3.97. The molecule has 0 fully saturated rings. The zero-order valence-electron chi connectivity index (χ0n) is 16.5. The number of nitrogens with two attached hydrogens (primary N) is 1. The van der Waals surface area contributed by atoms with Crippen molar-refractivity contribution < 1.29 is 13.2 Å². The van der Waals surface area contributed by atoms with Crippen LogP contribution in [0.5, 0.6) is 5.75 Å². The summed E-state index contributed by atoms with van der Waals surface area (Å²) in [5, 5.41) is 0.989. The van der Waals surface area contributed by atoms with Gasteiger partial charge in [-0.3, -0.25) is 4.72 Å². The van der Waals surface area contributed by atoms with Crippen molar-refractivity contribution in [2.24, 2.45) is 0 Å². The van der Waals surface area contributed by atoms with Gasteiger partial charge in [-0.25, -0.2) is 8.42 Å². The Morgan fingerprint density at radius 1 is 1.07 bits per heavy atom. The molecule has 1 aromatic heterocycles. The Kier molecular flexibility index (Phi) is 5.84. The van der Waals surface area contributed by atoms with Gasteiger partial charge >= 0.3 is 0 Å². The van der Waals surface area contributed by atoms with Crippen LogP contribution in [0.25, 0.3) is 22.2 Å². The number of hydrogen-bond donors (Lipinski definition) is 2. The Morgan fingerprint density at radius 2 is 1.79 bits per heavy atom. The molecule has 0 spiro atoms. The van der Waals surface area contributed by atoms with E-state index in [1.807, 2.05) is 37.3 Å². The van der Waals surface area contributed by atoms with Crippen LogP contribution < -0.4 is 15.2 Å². The molecule has 3 N–H and O–H groups in total. The molecule has 28 heavy (non-hydrogen) atoms. The highest BCUT2D eigenvalue weighted by Gasteiger charge is 2.17. The smallest absolute Gasteiger partial charge is 0.232 e. The van der Waals surface area contributed by atoms with Gasteiger partial charge in [-0.1, -0.05) is 19.1 Å². The molecule has 0 aliphatic heterocycles. The molecule has 0 saturated heterocycles. The van der Waals surface area contributed by atoms with Crippen molar-refractivity contribution in [3.05, 3.63) is 42.5 Å². The van der Waals surface area contributed by atoms with Crippen molar-refractivity contribution in [2.45, 2.75) is 33.7 Å². The van der Waals surface area contributed by atoms with Gasteiger partial charge in [0.2, 0.25) is 10.0 Å². The highest BCUT2D eigenvalue weighted by Crippen LogP contribution is 2.38. The summed E-state index contributed by atoms with van der Waals surface area (Å²) < 4.78 is 34.0. The maximum atomic E-state index is 11.8. The van der Waals surface area contributed by atoms with Crippen LogP contribution in [0.4, 0.5) is 11.4 Å². The summed E-state index contributed by atoms with van der Waals surface area (Å²) in [6.45, 7) is 7.13. The Balaban J connectivity index is 2.09. The number of rotatable bonds is 8. The molecular formula is C21H27N3O3S. The molecule has 0 amide bonds. The number of anilines is 2. The second-order valence-corrected chi connectivity index (χ2v) is 8.62. The molecule has 2 aromatic carbocycles. The third-order valence-corrected chi connectivity index (χ3v) is 5.95. The molecule has 6 nitrogen and oxygen atoms in total. The lowest BCUT2D eigenvalue weighted by molar-refractivity contribution is 0.340. The van der Waals surface area contributed by atoms with E-state index < -0.39 is 10.0 Å². The summed E-state index contributed by atoms with van der Waals surface area (Å²) in [4.78, 5) is 0. The average molecular weight is 402 g/mol. The van der Waals surface area contributed by atoms with Crippen molar-refractivity contribution in [3.8, 4) is 17.0 Å². The Hall–Kier alpha value is -2.67. The molecule has 0 aliphatic rings. The van der Waals surface area contributed by atoms with Gasteiger partial charge in [0.25, 0.3) is 0 Å². The van der Waals surface area contributed by atoms with Gasteiger partial charge < -0.3 is 15.0 Å². The van der Waals surface area contributed by atoms with Crippen LogP contribution in [0.1, 0.15) is 27.2 Å². The van der Waals surface area contributed by atoms with E-state index in [9.17, 15) is 8.42 Å². The normalized spacial score (nSPS) is 11.7. The lowest BCUT2D eigenvalue weighted by atomic mass is 10.1. The molecule has 1 heterocycles. The number of benzene rings is 2. The topological polar surface area (TPSA) is 86.4 Å². The van der Waals surface area contributed by atoms with Crippen molar-refractivity contribution in [2.75, 3.05) is 22.8 Å². The first-order chi connectivity index (χ1) is 13.4. The number of aromatic nitrogens is 1. The second kappa shape index (κ2) is 8.14. The molecule has 0 saturated carbocycles. The number of nitrogen functional groups attached to an aromatic ring is 1. The van der Waals surface area contributed by atoms with Crippen LogP contribution in [-0.4, -0.2) is 25.3 Å². The fraction of sp³-hybridized carbons (Fsp3) is 0.333. The lowest BCUT2D eigenvalue weighted by Gasteiger charge is -2.12. The number of fused-ring (bicyclic) bond motifs is 1. The van der Waals surface area contributed by atoms with Gasteiger partial charge in [-0.05, 0) is 44.5 Å². The molecular weight excluding hydrogens is 374 g/mol. The molecule has 0 unspecified atom stereocenters. The van der Waals surface area contributed by atoms with E-state index in [1.54, 1.807) is 19.1 Å². The second-order valence-electron chi connectivity index (χ2n) is 6.61. The van der Waals surface area contributed by atoms with Crippen molar-refractivity contribution in [3.63, 3.8) is 0 Å². The number of hydrogen-bond acceptors (Lipinski definition) is 4. The number of nitrogens with one attached hydrogen (secondary N) is 1. The van der Waals surface area contributed by atoms with Crippen molar-refractivity contribution >= 4 is 32.3 Å². The summed E-state index contributed by atoms with van der Waals surface area (Å²) in [5.41, 5.74) is 10.7. The van der Waals surface area contributed by atoms with Gasteiger partial charge in [0.15, 0.2) is 0 Å². The highest BCUT2D eigenvalue weighted by atomic mass is 32.2. The largest absolute Gasteiger partial charge is 0.494 e. The van der Waals surface area contributed by atoms with Gasteiger partial charge in [-0.2, -0.15) is 0 Å². The van der Waals surface area contributed by atoms with Gasteiger partial charge in [0.05, 0.1) is 29.3 Å². The number of nitrogens with zero attached hydrogens (tertiary/aromatic N) is 1. The summed E-state index contributed by atoms with van der Waals surface area (Å²) in [7, 11) is -3.30. The van der Waals surface area contributed by atoms with Crippen LogP contribution in [0.3, 0.4) is 0 Å². The molecule has 0 bridgehead atoms. The maximum Gasteiger partial charge on any atom is 0.232 e. The van der Waals surface area contributed by atoms with E-state index in [1.165, 1.54) is 0 Å². The number of ether oxygens (including phenoxy) is 1. The Morgan fingerprint density at radius 3 is 2.39 bits per heavy atom. The van der Waals surface area contributed by atoms with Crippen molar-refractivity contribution in [1.82, 2.24) is 4.57 Å². The van der Waals surface area contributed by atoms with E-state index in [0.29, 0.717) is 18.0 Å². The minimum atomic E-state index is -3.30. The van der Waals surface area contributed by atoms with Crippen LogP contribution in [0, 0.1) is 0 Å². The highest BCUT2D eigenvalue weighted by molar-refractivity contribution is 7.92. The van der Waals surface area contributed by atoms with Gasteiger partial charge in [-0.15, -0.1) is 0 Å². The third-order valence-electron chi connectivity index (χ3n) is 4.65. The molecule has 3 rings (SSSR count). The fourth-order valence-electron chi connectivity index (χ4n) is 3.33. The van der Waals surface area contributed by atoms with Crippen LogP contribution in [0.2, 0.25) is 0 Å². The first-order valence-electron chi connectivity index (χ1n) is 9.55. The summed E-state index contributed by atoms with van der Waals surface area (Å²) >= 11 is 0. The van der Waals surface area contributed by atoms with Gasteiger partial charge in [0, 0.05) is 29.2 Å². The summed E-state index contributed by atoms with van der Waals surface area (Å²) in [6, 6.07) is 13.3. The molecule has 7 heteroatoms. The molecule has 0 atom stereocenters. The predicted molar refractivity (Wildman–Crippen MR) is 116 cm³/mol. The minimum Gasteiger partial charge on any atom is -0.494 e. The first-order valence-corrected chi connectivity index (χ1v) is 11.2. The maximum absolute atomic E-state index is 11.8. The standard InChI is InChI=1S/C21H27N3O3S/c1-4-13-24-19-14-17(27-5-2)11-12-18(19)20(22)21(24)15-7-9-16(10-8-15)23-28(25,26)6-3/h7-12,14,23H,4-6,13,22H2,1-3H3. The summed E-state index contributed by atoms with van der Waals surface area (Å²) in [5.74, 6) is 0.856. The minimum absolute atomic E-state index is 0.0363. The monoisotopic (exact) mass is 401 g/mol.